The van der Waals surface area contributed by atoms with Crippen molar-refractivity contribution < 1.29 is 9.84 Å². The van der Waals surface area contributed by atoms with Crippen LogP contribution < -0.4 is 0 Å². The van der Waals surface area contributed by atoms with Gasteiger partial charge in [-0.2, -0.15) is 0 Å². The van der Waals surface area contributed by atoms with Gasteiger partial charge in [0.15, 0.2) is 0 Å². The van der Waals surface area contributed by atoms with Gasteiger partial charge < -0.3 is 9.84 Å². The minimum atomic E-state index is -0.820. The summed E-state index contributed by atoms with van der Waals surface area (Å²) >= 11 is 3.42. The van der Waals surface area contributed by atoms with Crippen molar-refractivity contribution >= 4 is 15.9 Å². The van der Waals surface area contributed by atoms with Crippen LogP contribution in [-0.4, -0.2) is 17.8 Å². The van der Waals surface area contributed by atoms with E-state index in [9.17, 15) is 5.11 Å². The summed E-state index contributed by atoms with van der Waals surface area (Å²) in [5, 5.41) is 10.5. The summed E-state index contributed by atoms with van der Waals surface area (Å²) in [6, 6.07) is 7.80. The lowest BCUT2D eigenvalue weighted by Gasteiger charge is -2.29. The summed E-state index contributed by atoms with van der Waals surface area (Å²) in [6.07, 6.45) is 1.48. The maximum atomic E-state index is 10.5. The fraction of sp³-hybridized carbons (Fsp3) is 0.571. The molecular formula is C14H21BrO2. The summed E-state index contributed by atoms with van der Waals surface area (Å²) in [5.41, 5.74) is -0.0888. The van der Waals surface area contributed by atoms with Crippen LogP contribution in [0.3, 0.4) is 0 Å². The zero-order chi connectivity index (χ0) is 13.1. The third kappa shape index (κ3) is 4.41. The van der Waals surface area contributed by atoms with Crippen LogP contribution in [0.15, 0.2) is 28.7 Å². The first-order valence-electron chi connectivity index (χ1n) is 5.80. The van der Waals surface area contributed by atoms with Gasteiger partial charge in [0.2, 0.25) is 0 Å². The van der Waals surface area contributed by atoms with Gasteiger partial charge in [0.1, 0.15) is 0 Å². The van der Waals surface area contributed by atoms with Crippen LogP contribution in [0, 0.1) is 0 Å². The summed E-state index contributed by atoms with van der Waals surface area (Å²) in [5.74, 6) is 0. The van der Waals surface area contributed by atoms with Crippen LogP contribution >= 0.6 is 15.9 Å². The Morgan fingerprint density at radius 3 is 2.41 bits per heavy atom. The Hall–Kier alpha value is -0.380. The highest BCUT2D eigenvalue weighted by Crippen LogP contribution is 2.31. The van der Waals surface area contributed by atoms with Crippen LogP contribution in [0.2, 0.25) is 0 Å². The molecule has 0 fully saturated rings. The normalized spacial score (nSPS) is 15.6. The Kier molecular flexibility index (Phi) is 4.76. The summed E-state index contributed by atoms with van der Waals surface area (Å²) < 4.78 is 6.36. The lowest BCUT2D eigenvalue weighted by atomic mass is 9.87. The van der Waals surface area contributed by atoms with Gasteiger partial charge in [-0.25, -0.2) is 0 Å². The standard InChI is InChI=1S/C14H21BrO2/c1-13(2,17-4)8-9-14(3,16)11-6-5-7-12(15)10-11/h5-7,10,16H,8-9H2,1-4H3. The van der Waals surface area contributed by atoms with E-state index in [2.05, 4.69) is 15.9 Å². The molecule has 0 saturated carbocycles. The second kappa shape index (κ2) is 5.51. The van der Waals surface area contributed by atoms with Gasteiger partial charge in [-0.05, 0) is 51.3 Å². The zero-order valence-electron chi connectivity index (χ0n) is 11.0. The fourth-order valence-electron chi connectivity index (χ4n) is 1.61. The van der Waals surface area contributed by atoms with Crippen molar-refractivity contribution in [1.82, 2.24) is 0 Å². The molecule has 1 aromatic carbocycles. The highest BCUT2D eigenvalue weighted by molar-refractivity contribution is 9.10. The predicted octanol–water partition coefficient (Wildman–Crippen LogP) is 3.86. The van der Waals surface area contributed by atoms with Crippen molar-refractivity contribution in [2.24, 2.45) is 0 Å². The van der Waals surface area contributed by atoms with E-state index in [0.717, 1.165) is 16.5 Å². The second-order valence-electron chi connectivity index (χ2n) is 5.25. The molecule has 0 aliphatic heterocycles. The molecule has 96 valence electrons. The van der Waals surface area contributed by atoms with Crippen LogP contribution in [0.1, 0.15) is 39.2 Å². The van der Waals surface area contributed by atoms with Crippen LogP contribution in [0.25, 0.3) is 0 Å². The number of benzene rings is 1. The highest BCUT2D eigenvalue weighted by atomic mass is 79.9. The van der Waals surface area contributed by atoms with Gasteiger partial charge in [0, 0.05) is 11.6 Å². The number of aliphatic hydroxyl groups is 1. The van der Waals surface area contributed by atoms with Gasteiger partial charge in [-0.15, -0.1) is 0 Å². The van der Waals surface area contributed by atoms with E-state index in [1.807, 2.05) is 45.0 Å². The van der Waals surface area contributed by atoms with Crippen LogP contribution in [0.4, 0.5) is 0 Å². The van der Waals surface area contributed by atoms with Crippen molar-refractivity contribution in [3.8, 4) is 0 Å². The monoisotopic (exact) mass is 300 g/mol. The first kappa shape index (κ1) is 14.7. The average Bonchev–Trinajstić information content (AvgIpc) is 2.27. The third-order valence-electron chi connectivity index (χ3n) is 3.21. The van der Waals surface area contributed by atoms with E-state index in [0.29, 0.717) is 6.42 Å². The molecule has 0 bridgehead atoms. The van der Waals surface area contributed by atoms with E-state index in [-0.39, 0.29) is 5.60 Å². The molecule has 0 aliphatic rings. The molecule has 17 heavy (non-hydrogen) atoms. The number of rotatable bonds is 5. The Bertz CT molecular complexity index is 372. The summed E-state index contributed by atoms with van der Waals surface area (Å²) in [7, 11) is 1.70. The number of ether oxygens (including phenoxy) is 1. The number of hydrogen-bond donors (Lipinski definition) is 1. The van der Waals surface area contributed by atoms with E-state index in [1.165, 1.54) is 0 Å². The fourth-order valence-corrected chi connectivity index (χ4v) is 2.01. The predicted molar refractivity (Wildman–Crippen MR) is 74.0 cm³/mol. The lowest BCUT2D eigenvalue weighted by Crippen LogP contribution is -2.29. The average molecular weight is 301 g/mol. The minimum Gasteiger partial charge on any atom is -0.385 e. The molecular weight excluding hydrogens is 280 g/mol. The zero-order valence-corrected chi connectivity index (χ0v) is 12.5. The van der Waals surface area contributed by atoms with Crippen LogP contribution in [0.5, 0.6) is 0 Å². The maximum Gasteiger partial charge on any atom is 0.0870 e. The van der Waals surface area contributed by atoms with Gasteiger partial charge in [0.05, 0.1) is 11.2 Å². The second-order valence-corrected chi connectivity index (χ2v) is 6.16. The number of methoxy groups -OCH3 is 1. The molecule has 0 aliphatic carbocycles. The third-order valence-corrected chi connectivity index (χ3v) is 3.71. The van der Waals surface area contributed by atoms with Gasteiger partial charge in [-0.3, -0.25) is 0 Å². The van der Waals surface area contributed by atoms with E-state index in [1.54, 1.807) is 7.11 Å². The number of halogens is 1. The molecule has 1 rings (SSSR count). The molecule has 0 heterocycles. The Morgan fingerprint density at radius 1 is 1.24 bits per heavy atom. The largest absolute Gasteiger partial charge is 0.385 e. The van der Waals surface area contributed by atoms with Gasteiger partial charge >= 0.3 is 0 Å². The Labute approximate surface area is 112 Å². The number of hydrogen-bond acceptors (Lipinski definition) is 2. The molecule has 1 N–H and O–H groups in total. The van der Waals surface area contributed by atoms with Crippen molar-refractivity contribution in [2.45, 2.75) is 44.8 Å². The van der Waals surface area contributed by atoms with Crippen molar-refractivity contribution in [1.29, 1.82) is 0 Å². The molecule has 1 atom stereocenters. The molecule has 3 heteroatoms. The lowest BCUT2D eigenvalue weighted by molar-refractivity contribution is -0.0211. The first-order chi connectivity index (χ1) is 7.77. The van der Waals surface area contributed by atoms with E-state index < -0.39 is 5.60 Å². The molecule has 0 radical (unpaired) electrons. The SMILES string of the molecule is COC(C)(C)CCC(C)(O)c1cccc(Br)c1. The molecule has 2 nitrogen and oxygen atoms in total. The Balaban J connectivity index is 2.75. The van der Waals surface area contributed by atoms with Crippen LogP contribution in [-0.2, 0) is 10.3 Å². The van der Waals surface area contributed by atoms with Crippen molar-refractivity contribution in [3.05, 3.63) is 34.3 Å². The minimum absolute atomic E-state index is 0.198. The van der Waals surface area contributed by atoms with E-state index in [4.69, 9.17) is 4.74 Å². The quantitative estimate of drug-likeness (QED) is 0.895. The van der Waals surface area contributed by atoms with E-state index >= 15 is 0 Å². The highest BCUT2D eigenvalue weighted by Gasteiger charge is 2.27. The molecule has 0 spiro atoms. The smallest absolute Gasteiger partial charge is 0.0870 e. The van der Waals surface area contributed by atoms with Crippen molar-refractivity contribution in [2.75, 3.05) is 7.11 Å². The maximum absolute atomic E-state index is 10.5. The Morgan fingerprint density at radius 2 is 1.88 bits per heavy atom. The van der Waals surface area contributed by atoms with Gasteiger partial charge in [-0.1, -0.05) is 28.1 Å². The first-order valence-corrected chi connectivity index (χ1v) is 6.60. The molecule has 1 aromatic rings. The summed E-state index contributed by atoms with van der Waals surface area (Å²) in [4.78, 5) is 0. The molecule has 0 amide bonds. The topological polar surface area (TPSA) is 29.5 Å². The molecule has 0 aromatic heterocycles. The van der Waals surface area contributed by atoms with Gasteiger partial charge in [0.25, 0.3) is 0 Å². The molecule has 0 saturated heterocycles. The van der Waals surface area contributed by atoms with Crippen molar-refractivity contribution in [3.63, 3.8) is 0 Å². The summed E-state index contributed by atoms with van der Waals surface area (Å²) in [6.45, 7) is 5.91. The molecule has 1 unspecified atom stereocenters.